The van der Waals surface area contributed by atoms with Crippen molar-refractivity contribution >= 4 is 49.1 Å². The number of nitrogens with zero attached hydrogens (tertiary/aromatic N) is 1. The smallest absolute Gasteiger partial charge is 0.377 e. The van der Waals surface area contributed by atoms with Gasteiger partial charge in [0, 0.05) is 32.3 Å². The predicted octanol–water partition coefficient (Wildman–Crippen LogP) is 2.83. The van der Waals surface area contributed by atoms with Gasteiger partial charge in [0.15, 0.2) is 0 Å². The fourth-order valence-corrected chi connectivity index (χ4v) is 7.12. The van der Waals surface area contributed by atoms with Gasteiger partial charge in [-0.1, -0.05) is 12.1 Å². The second-order valence-electron chi connectivity index (χ2n) is 4.63. The van der Waals surface area contributed by atoms with Crippen molar-refractivity contribution in [1.29, 1.82) is 0 Å². The molecule has 0 amide bonds. The van der Waals surface area contributed by atoms with Gasteiger partial charge in [0.2, 0.25) is 0 Å². The number of hydrogen-bond donors (Lipinski definition) is 0. The molecule has 21 heavy (non-hydrogen) atoms. The third kappa shape index (κ3) is 3.42. The van der Waals surface area contributed by atoms with E-state index in [0.717, 1.165) is 34.5 Å². The van der Waals surface area contributed by atoms with E-state index in [4.69, 9.17) is 35.7 Å². The molecule has 0 radical (unpaired) electrons. The Morgan fingerprint density at radius 3 is 2.29 bits per heavy atom. The summed E-state index contributed by atoms with van der Waals surface area (Å²) in [6, 6.07) is 8.63. The number of aliphatic imine (C=N–C) groups is 1. The number of rotatable bonds is 7. The quantitative estimate of drug-likeness (QED) is 0.699. The summed E-state index contributed by atoms with van der Waals surface area (Å²) in [6.07, 6.45) is 1.61. The largest absolute Gasteiger partial charge is 0.500 e. The number of para-hydroxylation sites is 1. The van der Waals surface area contributed by atoms with E-state index in [1.165, 1.54) is 0 Å². The maximum atomic E-state index is 5.66. The van der Waals surface area contributed by atoms with Crippen LogP contribution in [0.25, 0.3) is 0 Å². The van der Waals surface area contributed by atoms with Crippen molar-refractivity contribution in [2.45, 2.75) is 23.8 Å². The lowest BCUT2D eigenvalue weighted by atomic mass is 10.3. The van der Waals surface area contributed by atoms with Crippen molar-refractivity contribution < 1.29 is 13.3 Å². The van der Waals surface area contributed by atoms with Crippen molar-refractivity contribution in [2.24, 2.45) is 4.99 Å². The van der Waals surface area contributed by atoms with Gasteiger partial charge < -0.3 is 13.3 Å². The van der Waals surface area contributed by atoms with Crippen molar-refractivity contribution in [3.63, 3.8) is 0 Å². The molecule has 0 aromatic heterocycles. The molecule has 0 spiro atoms. The maximum absolute atomic E-state index is 5.66. The van der Waals surface area contributed by atoms with E-state index in [1.54, 1.807) is 21.3 Å². The van der Waals surface area contributed by atoms with Gasteiger partial charge in [-0.25, -0.2) is 4.99 Å². The van der Waals surface area contributed by atoms with E-state index >= 15 is 0 Å². The third-order valence-electron chi connectivity index (χ3n) is 3.52. The van der Waals surface area contributed by atoms with Gasteiger partial charge in [0.05, 0.1) is 10.7 Å². The molecule has 1 aliphatic heterocycles. The summed E-state index contributed by atoms with van der Waals surface area (Å²) in [6.45, 7) is 0. The average molecular weight is 362 g/mol. The molecular formula is C13H19NO3S3Si. The zero-order chi connectivity index (χ0) is 15.5. The van der Waals surface area contributed by atoms with Gasteiger partial charge in [0.25, 0.3) is 0 Å². The molecule has 1 aromatic rings. The first kappa shape index (κ1) is 17.1. The van der Waals surface area contributed by atoms with Crippen LogP contribution in [0, 0.1) is 0 Å². The average Bonchev–Trinajstić information content (AvgIpc) is 2.76. The van der Waals surface area contributed by atoms with E-state index in [9.17, 15) is 0 Å². The predicted molar refractivity (Wildman–Crippen MR) is 94.7 cm³/mol. The Balaban J connectivity index is 2.06. The van der Waals surface area contributed by atoms with Crippen molar-refractivity contribution in [3.8, 4) is 0 Å². The lowest BCUT2D eigenvalue weighted by Crippen LogP contribution is -2.42. The zero-order valence-corrected chi connectivity index (χ0v) is 15.8. The van der Waals surface area contributed by atoms with Gasteiger partial charge in [-0.05, 0) is 54.5 Å². The van der Waals surface area contributed by atoms with E-state index in [1.807, 2.05) is 24.3 Å². The second kappa shape index (κ2) is 6.91. The minimum atomic E-state index is -2.53. The van der Waals surface area contributed by atoms with Crippen LogP contribution in [0.2, 0.25) is 6.04 Å². The summed E-state index contributed by atoms with van der Waals surface area (Å²) in [5.41, 5.74) is 0.932. The highest BCUT2D eigenvalue weighted by Crippen LogP contribution is 2.35. The molecule has 0 saturated heterocycles. The molecule has 0 atom stereocenters. The summed E-state index contributed by atoms with van der Waals surface area (Å²) in [5, 5.41) is 0.944. The van der Waals surface area contributed by atoms with E-state index in [0.29, 0.717) is 0 Å². The number of benzene rings is 1. The van der Waals surface area contributed by atoms with Crippen LogP contribution in [-0.2, 0) is 42.8 Å². The van der Waals surface area contributed by atoms with Crippen LogP contribution in [0.5, 0.6) is 0 Å². The molecule has 2 rings (SSSR count). The Morgan fingerprint density at radius 2 is 1.71 bits per heavy atom. The van der Waals surface area contributed by atoms with Crippen LogP contribution in [0.3, 0.4) is 0 Å². The van der Waals surface area contributed by atoms with Crippen LogP contribution in [0.4, 0.5) is 5.69 Å². The van der Waals surface area contributed by atoms with E-state index < -0.39 is 16.0 Å². The van der Waals surface area contributed by atoms with Gasteiger partial charge in [-0.3, -0.25) is 0 Å². The highest BCUT2D eigenvalue weighted by molar-refractivity contribution is 8.63. The topological polar surface area (TPSA) is 40.0 Å². The SMILES string of the molecule is CO[Si](CCCC1=Nc2ccccc2S1(=S)=S)(OC)OC. The molecule has 4 nitrogen and oxygen atoms in total. The molecule has 1 aromatic carbocycles. The molecule has 0 aliphatic carbocycles. The first-order valence-electron chi connectivity index (χ1n) is 6.56. The molecule has 1 heterocycles. The molecule has 1 aliphatic rings. The van der Waals surface area contributed by atoms with Gasteiger partial charge in [0.1, 0.15) is 0 Å². The summed E-state index contributed by atoms with van der Waals surface area (Å²) < 4.78 is 16.3. The van der Waals surface area contributed by atoms with Crippen molar-refractivity contribution in [2.75, 3.05) is 21.3 Å². The van der Waals surface area contributed by atoms with E-state index in [-0.39, 0.29) is 0 Å². The fraction of sp³-hybridized carbons (Fsp3) is 0.462. The lowest BCUT2D eigenvalue weighted by molar-refractivity contribution is 0.123. The monoisotopic (exact) mass is 361 g/mol. The summed E-state index contributed by atoms with van der Waals surface area (Å²) in [7, 11) is 0.565. The highest BCUT2D eigenvalue weighted by atomic mass is 33.1. The number of hydrogen-bond acceptors (Lipinski definition) is 6. The molecule has 8 heteroatoms. The summed E-state index contributed by atoms with van der Waals surface area (Å²) >= 11 is 11.3. The molecule has 0 fully saturated rings. The molecule has 0 saturated carbocycles. The highest BCUT2D eigenvalue weighted by Gasteiger charge is 2.37. The van der Waals surface area contributed by atoms with Crippen LogP contribution < -0.4 is 0 Å². The molecular weight excluding hydrogens is 342 g/mol. The third-order valence-corrected chi connectivity index (χ3v) is 10.4. The Kier molecular flexibility index (Phi) is 5.63. The minimum absolute atomic E-state index is 0.728. The lowest BCUT2D eigenvalue weighted by Gasteiger charge is -2.24. The van der Waals surface area contributed by atoms with Gasteiger partial charge in [-0.2, -0.15) is 0 Å². The Labute approximate surface area is 136 Å². The second-order valence-corrected chi connectivity index (χ2v) is 13.3. The van der Waals surface area contributed by atoms with Crippen LogP contribution in [0.15, 0.2) is 34.2 Å². The summed E-state index contributed by atoms with van der Waals surface area (Å²) in [4.78, 5) is 5.67. The first-order chi connectivity index (χ1) is 9.99. The van der Waals surface area contributed by atoms with Crippen molar-refractivity contribution in [3.05, 3.63) is 24.3 Å². The molecule has 0 bridgehead atoms. The summed E-state index contributed by atoms with van der Waals surface area (Å²) in [5.74, 6) is 0. The molecule has 0 unspecified atom stereocenters. The maximum Gasteiger partial charge on any atom is 0.500 e. The Hall–Kier alpha value is -0.223. The number of fused-ring (bicyclic) bond motifs is 1. The first-order valence-corrected chi connectivity index (χ1v) is 12.0. The van der Waals surface area contributed by atoms with Crippen LogP contribution >= 0.6 is 0 Å². The zero-order valence-electron chi connectivity index (χ0n) is 12.3. The molecule has 0 N–H and O–H groups in total. The van der Waals surface area contributed by atoms with Crippen LogP contribution in [-0.4, -0.2) is 35.2 Å². The van der Waals surface area contributed by atoms with Gasteiger partial charge in [-0.15, -0.1) is 0 Å². The van der Waals surface area contributed by atoms with Crippen LogP contribution in [0.1, 0.15) is 12.8 Å². The normalized spacial score (nSPS) is 16.6. The standard InChI is InChI=1S/C13H19NO3S3Si/c1-15-21(16-2,17-3)10-6-9-13-14-11-7-4-5-8-12(11)20(13,18)19/h4-5,7-8H,6,9-10H2,1-3H3. The van der Waals surface area contributed by atoms with Crippen molar-refractivity contribution in [1.82, 2.24) is 0 Å². The Morgan fingerprint density at radius 1 is 1.10 bits per heavy atom. The van der Waals surface area contributed by atoms with E-state index in [2.05, 4.69) is 4.99 Å². The minimum Gasteiger partial charge on any atom is -0.377 e. The Bertz CT molecular complexity index is 634. The fourth-order valence-electron chi connectivity index (χ4n) is 2.30. The molecule has 116 valence electrons. The van der Waals surface area contributed by atoms with Gasteiger partial charge >= 0.3 is 8.80 Å².